The summed E-state index contributed by atoms with van der Waals surface area (Å²) in [7, 11) is 0. The van der Waals surface area contributed by atoms with E-state index in [0.29, 0.717) is 6.79 Å². The van der Waals surface area contributed by atoms with Gasteiger partial charge in [-0.1, -0.05) is 12.2 Å². The van der Waals surface area contributed by atoms with Crippen molar-refractivity contribution in [3.05, 3.63) is 12.2 Å². The van der Waals surface area contributed by atoms with Crippen molar-refractivity contribution in [2.45, 2.75) is 32.1 Å². The molecule has 0 aromatic carbocycles. The van der Waals surface area contributed by atoms with Gasteiger partial charge in [-0.25, -0.2) is 0 Å². The molecular weight excluding hydrogens is 152 g/mol. The van der Waals surface area contributed by atoms with E-state index in [4.69, 9.17) is 9.47 Å². The molecule has 0 bridgehead atoms. The van der Waals surface area contributed by atoms with Gasteiger partial charge in [-0.2, -0.15) is 0 Å². The molecular formula is C10H18O2. The van der Waals surface area contributed by atoms with Crippen LogP contribution >= 0.6 is 0 Å². The molecule has 0 saturated carbocycles. The predicted molar refractivity (Wildman–Crippen MR) is 49.0 cm³/mol. The van der Waals surface area contributed by atoms with E-state index in [1.54, 1.807) is 0 Å². The summed E-state index contributed by atoms with van der Waals surface area (Å²) in [6.07, 6.45) is 11.1. The Morgan fingerprint density at radius 3 is 1.50 bits per heavy atom. The summed E-state index contributed by atoms with van der Waals surface area (Å²) >= 11 is 0. The van der Waals surface area contributed by atoms with Crippen LogP contribution in [0.5, 0.6) is 0 Å². The van der Waals surface area contributed by atoms with Crippen LogP contribution in [0.3, 0.4) is 0 Å². The highest BCUT2D eigenvalue weighted by Gasteiger charge is 1.94. The van der Waals surface area contributed by atoms with Crippen LogP contribution in [0.4, 0.5) is 0 Å². The van der Waals surface area contributed by atoms with E-state index in [1.807, 2.05) is 0 Å². The summed E-state index contributed by atoms with van der Waals surface area (Å²) < 4.78 is 9.69. The van der Waals surface area contributed by atoms with Crippen LogP contribution in [-0.2, 0) is 9.47 Å². The summed E-state index contributed by atoms with van der Waals surface area (Å²) in [6, 6.07) is 0. The zero-order valence-corrected chi connectivity index (χ0v) is 7.63. The molecule has 2 aliphatic rings. The molecule has 2 nitrogen and oxygen atoms in total. The minimum Gasteiger partial charge on any atom is -0.355 e. The third-order valence-electron chi connectivity index (χ3n) is 1.90. The molecule has 0 unspecified atom stereocenters. The largest absolute Gasteiger partial charge is 0.355 e. The van der Waals surface area contributed by atoms with Crippen LogP contribution in [0.1, 0.15) is 32.1 Å². The Hall–Kier alpha value is -0.340. The Balaban J connectivity index is 0.000000120. The maximum absolute atomic E-state index is 4.85. The molecule has 1 fully saturated rings. The molecule has 1 heterocycles. The van der Waals surface area contributed by atoms with Crippen LogP contribution in [0.15, 0.2) is 12.2 Å². The highest BCUT2D eigenvalue weighted by Crippen LogP contribution is 2.07. The van der Waals surface area contributed by atoms with Crippen LogP contribution in [0, 0.1) is 0 Å². The topological polar surface area (TPSA) is 18.5 Å². The van der Waals surface area contributed by atoms with Gasteiger partial charge in [-0.3, -0.25) is 0 Å². The molecule has 2 rings (SSSR count). The normalized spacial score (nSPS) is 22.7. The molecule has 0 amide bonds. The van der Waals surface area contributed by atoms with E-state index in [0.717, 1.165) is 19.6 Å². The van der Waals surface area contributed by atoms with Crippen molar-refractivity contribution in [3.63, 3.8) is 0 Å². The van der Waals surface area contributed by atoms with Gasteiger partial charge in [0.25, 0.3) is 0 Å². The Labute approximate surface area is 74.6 Å². The lowest BCUT2D eigenvalue weighted by molar-refractivity contribution is -0.0963. The van der Waals surface area contributed by atoms with Gasteiger partial charge in [0, 0.05) is 0 Å². The van der Waals surface area contributed by atoms with Gasteiger partial charge < -0.3 is 9.47 Å². The number of hydrogen-bond acceptors (Lipinski definition) is 2. The lowest BCUT2D eigenvalue weighted by atomic mass is 10.1. The second kappa shape index (κ2) is 7.32. The van der Waals surface area contributed by atoms with Crippen LogP contribution in [-0.4, -0.2) is 20.0 Å². The summed E-state index contributed by atoms with van der Waals surface area (Å²) in [5, 5.41) is 0. The number of rotatable bonds is 0. The fourth-order valence-corrected chi connectivity index (χ4v) is 1.20. The van der Waals surface area contributed by atoms with E-state index in [-0.39, 0.29) is 0 Å². The van der Waals surface area contributed by atoms with E-state index in [2.05, 4.69) is 12.2 Å². The van der Waals surface area contributed by atoms with Gasteiger partial charge in [-0.15, -0.1) is 0 Å². The van der Waals surface area contributed by atoms with Crippen LogP contribution in [0.2, 0.25) is 0 Å². The van der Waals surface area contributed by atoms with Crippen LogP contribution in [0.25, 0.3) is 0 Å². The van der Waals surface area contributed by atoms with Crippen molar-refractivity contribution in [2.75, 3.05) is 20.0 Å². The van der Waals surface area contributed by atoms with Gasteiger partial charge in [0.05, 0.1) is 13.2 Å². The molecule has 2 heteroatoms. The molecule has 0 radical (unpaired) electrons. The zero-order valence-electron chi connectivity index (χ0n) is 7.63. The molecule has 0 aromatic rings. The third kappa shape index (κ3) is 5.33. The lowest BCUT2D eigenvalue weighted by Gasteiger charge is -2.09. The van der Waals surface area contributed by atoms with Crippen molar-refractivity contribution >= 4 is 0 Å². The standard InChI is InChI=1S/C6H10.C4H8O2/c1-2-4-6-5-3-1;1-2-5-4-6-3-1/h1-2H,3-6H2;1-4H2. The average Bonchev–Trinajstić information content (AvgIpc) is 2.24. The van der Waals surface area contributed by atoms with Gasteiger partial charge >= 0.3 is 0 Å². The van der Waals surface area contributed by atoms with E-state index in [1.165, 1.54) is 25.7 Å². The highest BCUT2D eigenvalue weighted by molar-refractivity contribution is 4.85. The lowest BCUT2D eigenvalue weighted by Crippen LogP contribution is -2.11. The third-order valence-corrected chi connectivity index (χ3v) is 1.90. The van der Waals surface area contributed by atoms with Crippen molar-refractivity contribution < 1.29 is 9.47 Å². The first kappa shape index (κ1) is 9.75. The first-order chi connectivity index (χ1) is 6.00. The van der Waals surface area contributed by atoms with E-state index < -0.39 is 0 Å². The van der Waals surface area contributed by atoms with Gasteiger partial charge in [0.2, 0.25) is 0 Å². The average molecular weight is 170 g/mol. The number of hydrogen-bond donors (Lipinski definition) is 0. The Kier molecular flexibility index (Phi) is 5.94. The minimum atomic E-state index is 0.500. The highest BCUT2D eigenvalue weighted by atomic mass is 16.7. The quantitative estimate of drug-likeness (QED) is 0.520. The SMILES string of the molecule is C1=CCCCC1.C1COCOC1. The summed E-state index contributed by atoms with van der Waals surface area (Å²) in [4.78, 5) is 0. The number of allylic oxidation sites excluding steroid dienone is 2. The molecule has 70 valence electrons. The fourth-order valence-electron chi connectivity index (χ4n) is 1.20. The molecule has 0 atom stereocenters. The maximum Gasteiger partial charge on any atom is 0.146 e. The molecule has 1 aliphatic heterocycles. The van der Waals surface area contributed by atoms with E-state index >= 15 is 0 Å². The molecule has 1 aliphatic carbocycles. The summed E-state index contributed by atoms with van der Waals surface area (Å²) in [5.41, 5.74) is 0. The second-order valence-corrected chi connectivity index (χ2v) is 3.04. The summed E-state index contributed by atoms with van der Waals surface area (Å²) in [5.74, 6) is 0. The second-order valence-electron chi connectivity index (χ2n) is 3.04. The monoisotopic (exact) mass is 170 g/mol. The molecule has 0 N–H and O–H groups in total. The van der Waals surface area contributed by atoms with Crippen molar-refractivity contribution in [3.8, 4) is 0 Å². The van der Waals surface area contributed by atoms with Crippen molar-refractivity contribution in [1.29, 1.82) is 0 Å². The maximum atomic E-state index is 4.85. The van der Waals surface area contributed by atoms with Crippen LogP contribution < -0.4 is 0 Å². The smallest absolute Gasteiger partial charge is 0.146 e. The fraction of sp³-hybridized carbons (Fsp3) is 0.800. The van der Waals surface area contributed by atoms with E-state index in [9.17, 15) is 0 Å². The Bertz CT molecular complexity index is 97.5. The molecule has 0 aromatic heterocycles. The predicted octanol–water partition coefficient (Wildman–Crippen LogP) is 2.50. The first-order valence-corrected chi connectivity index (χ1v) is 4.80. The zero-order chi connectivity index (χ0) is 8.49. The number of ether oxygens (including phenoxy) is 2. The minimum absolute atomic E-state index is 0.500. The van der Waals surface area contributed by atoms with Crippen molar-refractivity contribution in [1.82, 2.24) is 0 Å². The first-order valence-electron chi connectivity index (χ1n) is 4.80. The molecule has 1 saturated heterocycles. The molecule has 12 heavy (non-hydrogen) atoms. The van der Waals surface area contributed by atoms with Gasteiger partial charge in [0.15, 0.2) is 0 Å². The Morgan fingerprint density at radius 2 is 1.33 bits per heavy atom. The van der Waals surface area contributed by atoms with Gasteiger partial charge in [-0.05, 0) is 32.1 Å². The summed E-state index contributed by atoms with van der Waals surface area (Å²) in [6.45, 7) is 2.25. The molecule has 0 spiro atoms. The van der Waals surface area contributed by atoms with Crippen molar-refractivity contribution in [2.24, 2.45) is 0 Å². The Morgan fingerprint density at radius 1 is 0.750 bits per heavy atom. The van der Waals surface area contributed by atoms with Gasteiger partial charge in [0.1, 0.15) is 6.79 Å².